The fraction of sp³-hybridized carbons (Fsp3) is 0.500. The van der Waals surface area contributed by atoms with Crippen molar-refractivity contribution in [3.8, 4) is 6.07 Å². The van der Waals surface area contributed by atoms with Crippen molar-refractivity contribution in [3.05, 3.63) is 56.8 Å². The number of ketones is 1. The van der Waals surface area contributed by atoms with Crippen LogP contribution < -0.4 is 5.32 Å². The number of Topliss-reactive ketones (excluding diaryl/α,β-unsaturated/α-hetero) is 1. The minimum Gasteiger partial charge on any atom is -0.446 e. The Morgan fingerprint density at radius 1 is 1.24 bits per heavy atom. The first-order valence-corrected chi connectivity index (χ1v) is 12.5. The third-order valence-corrected chi connectivity index (χ3v) is 7.74. The van der Waals surface area contributed by atoms with Gasteiger partial charge in [0.1, 0.15) is 18.0 Å². The second-order valence-electron chi connectivity index (χ2n) is 8.95. The Hall–Kier alpha value is -2.69. The van der Waals surface area contributed by atoms with E-state index in [2.05, 4.69) is 18.3 Å². The van der Waals surface area contributed by atoms with Crippen LogP contribution in [0.1, 0.15) is 65.0 Å². The summed E-state index contributed by atoms with van der Waals surface area (Å²) in [6.45, 7) is 3.39. The van der Waals surface area contributed by atoms with Crippen LogP contribution >= 0.6 is 11.3 Å². The summed E-state index contributed by atoms with van der Waals surface area (Å²) in [4.78, 5) is 27.0. The third kappa shape index (κ3) is 6.01. The van der Waals surface area contributed by atoms with E-state index in [-0.39, 0.29) is 36.4 Å². The van der Waals surface area contributed by atoms with Crippen molar-refractivity contribution in [2.45, 2.75) is 69.9 Å². The summed E-state index contributed by atoms with van der Waals surface area (Å²) >= 11 is 1.53. The standard InChI is InChI=1S/C26H30N2O4S/c1-17(18-5-3-2-4-6-18)13-20(29)14-24-23(16-27)22-8-7-21(15-25(22)33-24)32-26(30)28-19-9-11-31-12-10-19/h2-6,17,19,21H,7-15H2,1H3,(H,28,30). The molecule has 0 radical (unpaired) electrons. The Morgan fingerprint density at radius 2 is 2.00 bits per heavy atom. The molecule has 2 unspecified atom stereocenters. The minimum absolute atomic E-state index is 0.105. The van der Waals surface area contributed by atoms with Gasteiger partial charge >= 0.3 is 6.09 Å². The van der Waals surface area contributed by atoms with Crippen LogP contribution in [0.4, 0.5) is 4.79 Å². The third-order valence-electron chi connectivity index (χ3n) is 6.48. The second kappa shape index (κ2) is 11.0. The van der Waals surface area contributed by atoms with Crippen LogP contribution in [0.5, 0.6) is 0 Å². The van der Waals surface area contributed by atoms with Crippen LogP contribution in [-0.4, -0.2) is 37.2 Å². The molecule has 1 aliphatic heterocycles. The highest BCUT2D eigenvalue weighted by molar-refractivity contribution is 7.12. The SMILES string of the molecule is CC(CC(=O)Cc1sc2c(c1C#N)CCC(OC(=O)NC1CCOCC1)C2)c1ccccc1. The summed E-state index contributed by atoms with van der Waals surface area (Å²) < 4.78 is 11.0. The average molecular weight is 467 g/mol. The molecule has 4 rings (SSSR count). The van der Waals surface area contributed by atoms with E-state index in [0.717, 1.165) is 33.7 Å². The van der Waals surface area contributed by atoms with Crippen LogP contribution in [0.25, 0.3) is 0 Å². The maximum absolute atomic E-state index is 12.8. The zero-order valence-electron chi connectivity index (χ0n) is 19.0. The molecule has 1 saturated heterocycles. The maximum Gasteiger partial charge on any atom is 0.407 e. The van der Waals surface area contributed by atoms with E-state index in [9.17, 15) is 14.9 Å². The zero-order chi connectivity index (χ0) is 23.2. The smallest absolute Gasteiger partial charge is 0.407 e. The van der Waals surface area contributed by atoms with E-state index >= 15 is 0 Å². The van der Waals surface area contributed by atoms with Crippen LogP contribution in [0.3, 0.4) is 0 Å². The van der Waals surface area contributed by atoms with Gasteiger partial charge in [-0.2, -0.15) is 5.26 Å². The predicted molar refractivity (Wildman–Crippen MR) is 126 cm³/mol. The van der Waals surface area contributed by atoms with Crippen molar-refractivity contribution in [2.24, 2.45) is 0 Å². The summed E-state index contributed by atoms with van der Waals surface area (Å²) in [5, 5.41) is 12.7. The Morgan fingerprint density at radius 3 is 2.73 bits per heavy atom. The molecule has 1 fully saturated rings. The largest absolute Gasteiger partial charge is 0.446 e. The molecule has 0 bridgehead atoms. The van der Waals surface area contributed by atoms with E-state index in [1.807, 2.05) is 30.3 Å². The number of benzene rings is 1. The molecule has 33 heavy (non-hydrogen) atoms. The fourth-order valence-electron chi connectivity index (χ4n) is 4.65. The molecule has 2 aliphatic rings. The van der Waals surface area contributed by atoms with Crippen molar-refractivity contribution in [1.82, 2.24) is 5.32 Å². The molecule has 2 heterocycles. The van der Waals surface area contributed by atoms with Crippen molar-refractivity contribution in [1.29, 1.82) is 5.26 Å². The van der Waals surface area contributed by atoms with Crippen molar-refractivity contribution in [3.63, 3.8) is 0 Å². The van der Waals surface area contributed by atoms with Gasteiger partial charge in [0.25, 0.3) is 0 Å². The number of nitrogens with zero attached hydrogens (tertiary/aromatic N) is 1. The van der Waals surface area contributed by atoms with Crippen molar-refractivity contribution in [2.75, 3.05) is 13.2 Å². The molecule has 1 amide bonds. The number of fused-ring (bicyclic) bond motifs is 1. The van der Waals surface area contributed by atoms with E-state index in [1.165, 1.54) is 11.3 Å². The van der Waals surface area contributed by atoms with Gasteiger partial charge in [-0.3, -0.25) is 4.79 Å². The van der Waals surface area contributed by atoms with Crippen molar-refractivity contribution < 1.29 is 19.1 Å². The molecule has 0 spiro atoms. The highest BCUT2D eigenvalue weighted by Gasteiger charge is 2.29. The molecular weight excluding hydrogens is 436 g/mol. The summed E-state index contributed by atoms with van der Waals surface area (Å²) in [6, 6.07) is 12.5. The number of ether oxygens (including phenoxy) is 2. The summed E-state index contributed by atoms with van der Waals surface area (Å²) in [7, 11) is 0. The number of alkyl carbamates (subject to hydrolysis) is 1. The van der Waals surface area contributed by atoms with Crippen LogP contribution in [0.2, 0.25) is 0 Å². The predicted octanol–water partition coefficient (Wildman–Crippen LogP) is 4.69. The summed E-state index contributed by atoms with van der Waals surface area (Å²) in [5.41, 5.74) is 2.84. The topological polar surface area (TPSA) is 88.4 Å². The Balaban J connectivity index is 1.35. The number of hydrogen-bond acceptors (Lipinski definition) is 6. The first-order chi connectivity index (χ1) is 16.0. The number of amides is 1. The molecule has 2 aromatic rings. The second-order valence-corrected chi connectivity index (χ2v) is 10.1. The van der Waals surface area contributed by atoms with Gasteiger partial charge in [-0.25, -0.2) is 4.79 Å². The van der Waals surface area contributed by atoms with Crippen LogP contribution in [0.15, 0.2) is 30.3 Å². The number of carbonyl (C=O) groups excluding carboxylic acids is 2. The Labute approximate surface area is 198 Å². The molecule has 1 aliphatic carbocycles. The van der Waals surface area contributed by atoms with Gasteiger partial charge in [0, 0.05) is 48.3 Å². The monoisotopic (exact) mass is 466 g/mol. The lowest BCUT2D eigenvalue weighted by atomic mass is 9.91. The fourth-order valence-corrected chi connectivity index (χ4v) is 6.05. The van der Waals surface area contributed by atoms with Gasteiger partial charge in [-0.15, -0.1) is 11.3 Å². The van der Waals surface area contributed by atoms with E-state index < -0.39 is 0 Å². The van der Waals surface area contributed by atoms with Gasteiger partial charge in [0.05, 0.1) is 5.56 Å². The lowest BCUT2D eigenvalue weighted by Crippen LogP contribution is -2.41. The van der Waals surface area contributed by atoms with E-state index in [0.29, 0.717) is 44.5 Å². The zero-order valence-corrected chi connectivity index (χ0v) is 19.8. The Kier molecular flexibility index (Phi) is 7.79. The average Bonchev–Trinajstić information content (AvgIpc) is 3.16. The quantitative estimate of drug-likeness (QED) is 0.640. The van der Waals surface area contributed by atoms with Crippen LogP contribution in [-0.2, 0) is 33.5 Å². The summed E-state index contributed by atoms with van der Waals surface area (Å²) in [5.74, 6) is 0.288. The highest BCUT2D eigenvalue weighted by Crippen LogP contribution is 2.36. The number of hydrogen-bond donors (Lipinski definition) is 1. The van der Waals surface area contributed by atoms with E-state index in [1.54, 1.807) is 0 Å². The van der Waals surface area contributed by atoms with Crippen LogP contribution in [0, 0.1) is 11.3 Å². The lowest BCUT2D eigenvalue weighted by Gasteiger charge is -2.26. The molecule has 0 saturated carbocycles. The normalized spacial score (nSPS) is 19.2. The number of rotatable bonds is 7. The van der Waals surface area contributed by atoms with Gasteiger partial charge in [-0.1, -0.05) is 37.3 Å². The molecule has 174 valence electrons. The van der Waals surface area contributed by atoms with Gasteiger partial charge in [-0.05, 0) is 42.7 Å². The first-order valence-electron chi connectivity index (χ1n) is 11.7. The number of thiophene rings is 1. The molecule has 2 atom stereocenters. The molecule has 6 nitrogen and oxygen atoms in total. The first kappa shape index (κ1) is 23.5. The highest BCUT2D eigenvalue weighted by atomic mass is 32.1. The molecule has 1 N–H and O–H groups in total. The maximum atomic E-state index is 12.8. The van der Waals surface area contributed by atoms with E-state index in [4.69, 9.17) is 9.47 Å². The van der Waals surface area contributed by atoms with Gasteiger partial charge < -0.3 is 14.8 Å². The molecule has 7 heteroatoms. The number of carbonyl (C=O) groups is 2. The molecular formula is C26H30N2O4S. The number of nitriles is 1. The number of nitrogens with one attached hydrogen (secondary N) is 1. The Bertz CT molecular complexity index is 1020. The van der Waals surface area contributed by atoms with Gasteiger partial charge in [0.2, 0.25) is 0 Å². The van der Waals surface area contributed by atoms with Gasteiger partial charge in [0.15, 0.2) is 0 Å². The summed E-state index contributed by atoms with van der Waals surface area (Å²) in [6.07, 6.45) is 3.76. The van der Waals surface area contributed by atoms with Crippen molar-refractivity contribution >= 4 is 23.2 Å². The lowest BCUT2D eigenvalue weighted by molar-refractivity contribution is -0.118. The minimum atomic E-state index is -0.377. The molecule has 1 aromatic heterocycles. The molecule has 1 aromatic carbocycles.